The summed E-state index contributed by atoms with van der Waals surface area (Å²) in [6.45, 7) is 2.61. The molecule has 3 nitrogen and oxygen atoms in total. The Balaban J connectivity index is 2.27. The van der Waals surface area contributed by atoms with Crippen molar-refractivity contribution in [3.8, 4) is 0 Å². The van der Waals surface area contributed by atoms with Crippen molar-refractivity contribution in [3.05, 3.63) is 16.1 Å². The standard InChI is InChI=1S/C10H16N2OS/c1-8-7-14-10(12-8)6-9(13)4-2-3-5-11/h7H,2-6,11H2,1H3. The summed E-state index contributed by atoms with van der Waals surface area (Å²) in [5.74, 6) is 0.271. The molecule has 14 heavy (non-hydrogen) atoms. The third-order valence-electron chi connectivity index (χ3n) is 1.92. The lowest BCUT2D eigenvalue weighted by Crippen LogP contribution is -2.04. The van der Waals surface area contributed by atoms with E-state index in [2.05, 4.69) is 4.98 Å². The van der Waals surface area contributed by atoms with E-state index in [0.717, 1.165) is 23.5 Å². The molecule has 0 aliphatic rings. The van der Waals surface area contributed by atoms with Crippen LogP contribution in [0.1, 0.15) is 30.0 Å². The lowest BCUT2D eigenvalue weighted by molar-refractivity contribution is -0.118. The van der Waals surface area contributed by atoms with E-state index in [9.17, 15) is 4.79 Å². The zero-order valence-electron chi connectivity index (χ0n) is 8.45. The summed E-state index contributed by atoms with van der Waals surface area (Å²) in [6, 6.07) is 0. The maximum absolute atomic E-state index is 11.4. The average Bonchev–Trinajstić information content (AvgIpc) is 2.52. The fourth-order valence-electron chi connectivity index (χ4n) is 1.21. The number of carbonyl (C=O) groups excluding carboxylic acids is 1. The minimum absolute atomic E-state index is 0.271. The number of hydrogen-bond donors (Lipinski definition) is 1. The monoisotopic (exact) mass is 212 g/mol. The van der Waals surface area contributed by atoms with Crippen molar-refractivity contribution in [1.82, 2.24) is 4.98 Å². The molecule has 0 saturated heterocycles. The van der Waals surface area contributed by atoms with Gasteiger partial charge in [-0.15, -0.1) is 11.3 Å². The van der Waals surface area contributed by atoms with E-state index in [-0.39, 0.29) is 5.78 Å². The summed E-state index contributed by atoms with van der Waals surface area (Å²) in [6.07, 6.45) is 2.96. The Hall–Kier alpha value is -0.740. The number of unbranched alkanes of at least 4 members (excludes halogenated alkanes) is 1. The molecule has 0 radical (unpaired) electrons. The molecule has 0 amide bonds. The SMILES string of the molecule is Cc1csc(CC(=O)CCCCN)n1. The molecule has 1 rings (SSSR count). The second kappa shape index (κ2) is 5.88. The van der Waals surface area contributed by atoms with Gasteiger partial charge in [0.2, 0.25) is 0 Å². The van der Waals surface area contributed by atoms with Gasteiger partial charge in [0.25, 0.3) is 0 Å². The minimum atomic E-state index is 0.271. The van der Waals surface area contributed by atoms with Gasteiger partial charge in [-0.1, -0.05) is 0 Å². The highest BCUT2D eigenvalue weighted by molar-refractivity contribution is 7.09. The molecule has 1 heterocycles. The molecule has 0 saturated carbocycles. The molecule has 1 aromatic heterocycles. The minimum Gasteiger partial charge on any atom is -0.330 e. The van der Waals surface area contributed by atoms with Crippen LogP contribution in [-0.4, -0.2) is 17.3 Å². The van der Waals surface area contributed by atoms with Crippen LogP contribution in [0.15, 0.2) is 5.38 Å². The summed E-state index contributed by atoms with van der Waals surface area (Å²) in [7, 11) is 0. The molecule has 0 aliphatic heterocycles. The Labute approximate surface area is 88.3 Å². The molecule has 2 N–H and O–H groups in total. The Morgan fingerprint density at radius 3 is 2.93 bits per heavy atom. The van der Waals surface area contributed by atoms with Crippen molar-refractivity contribution in [2.45, 2.75) is 32.6 Å². The van der Waals surface area contributed by atoms with Gasteiger partial charge in [-0.3, -0.25) is 4.79 Å². The second-order valence-electron chi connectivity index (χ2n) is 3.34. The number of Topliss-reactive ketones (excluding diaryl/α,β-unsaturated/α-hetero) is 1. The first-order valence-electron chi connectivity index (χ1n) is 4.85. The summed E-state index contributed by atoms with van der Waals surface area (Å²) in [5.41, 5.74) is 6.35. The fourth-order valence-corrected chi connectivity index (χ4v) is 2.01. The van der Waals surface area contributed by atoms with Gasteiger partial charge in [0, 0.05) is 17.5 Å². The van der Waals surface area contributed by atoms with Gasteiger partial charge in [-0.25, -0.2) is 4.98 Å². The Bertz CT molecular complexity index is 296. The van der Waals surface area contributed by atoms with Crippen LogP contribution in [-0.2, 0) is 11.2 Å². The average molecular weight is 212 g/mol. The molecule has 0 spiro atoms. The third-order valence-corrected chi connectivity index (χ3v) is 2.89. The Morgan fingerprint density at radius 1 is 1.57 bits per heavy atom. The van der Waals surface area contributed by atoms with E-state index in [4.69, 9.17) is 5.73 Å². The summed E-state index contributed by atoms with van der Waals surface area (Å²) in [5, 5.41) is 2.91. The van der Waals surface area contributed by atoms with Crippen molar-refractivity contribution in [1.29, 1.82) is 0 Å². The first kappa shape index (κ1) is 11.3. The fraction of sp³-hybridized carbons (Fsp3) is 0.600. The molecular weight excluding hydrogens is 196 g/mol. The van der Waals surface area contributed by atoms with Crippen LogP contribution >= 0.6 is 11.3 Å². The first-order chi connectivity index (χ1) is 6.72. The van der Waals surface area contributed by atoms with Gasteiger partial charge in [-0.2, -0.15) is 0 Å². The van der Waals surface area contributed by atoms with Crippen molar-refractivity contribution < 1.29 is 4.79 Å². The highest BCUT2D eigenvalue weighted by atomic mass is 32.1. The number of aromatic nitrogens is 1. The number of thiazole rings is 1. The largest absolute Gasteiger partial charge is 0.330 e. The lowest BCUT2D eigenvalue weighted by Gasteiger charge is -1.97. The quantitative estimate of drug-likeness (QED) is 0.730. The number of aryl methyl sites for hydroxylation is 1. The molecule has 0 atom stereocenters. The number of nitrogens with zero attached hydrogens (tertiary/aromatic N) is 1. The van der Waals surface area contributed by atoms with Gasteiger partial charge >= 0.3 is 0 Å². The molecule has 0 fully saturated rings. The van der Waals surface area contributed by atoms with Crippen molar-refractivity contribution in [2.24, 2.45) is 5.73 Å². The van der Waals surface area contributed by atoms with Gasteiger partial charge in [0.05, 0.1) is 6.42 Å². The predicted molar refractivity (Wildman–Crippen MR) is 58.5 cm³/mol. The van der Waals surface area contributed by atoms with Crippen LogP contribution in [0.5, 0.6) is 0 Å². The normalized spacial score (nSPS) is 10.4. The van der Waals surface area contributed by atoms with Gasteiger partial charge < -0.3 is 5.73 Å². The Morgan fingerprint density at radius 2 is 2.36 bits per heavy atom. The molecule has 4 heteroatoms. The number of nitrogens with two attached hydrogens (primary N) is 1. The van der Waals surface area contributed by atoms with Crippen LogP contribution in [0.25, 0.3) is 0 Å². The van der Waals surface area contributed by atoms with E-state index >= 15 is 0 Å². The summed E-state index contributed by atoms with van der Waals surface area (Å²) in [4.78, 5) is 15.7. The number of rotatable bonds is 6. The van der Waals surface area contributed by atoms with Crippen LogP contribution in [0, 0.1) is 6.92 Å². The third kappa shape index (κ3) is 3.98. The predicted octanol–water partition coefficient (Wildman–Crippen LogP) is 1.69. The molecule has 0 bridgehead atoms. The number of carbonyl (C=O) groups is 1. The molecule has 0 aliphatic carbocycles. The zero-order chi connectivity index (χ0) is 10.4. The highest BCUT2D eigenvalue weighted by Crippen LogP contribution is 2.11. The maximum Gasteiger partial charge on any atom is 0.139 e. The van der Waals surface area contributed by atoms with Gasteiger partial charge in [-0.05, 0) is 26.3 Å². The van der Waals surface area contributed by atoms with Crippen LogP contribution in [0.2, 0.25) is 0 Å². The Kier molecular flexibility index (Phi) is 4.76. The van der Waals surface area contributed by atoms with E-state index in [1.807, 2.05) is 12.3 Å². The van der Waals surface area contributed by atoms with Crippen molar-refractivity contribution in [3.63, 3.8) is 0 Å². The van der Waals surface area contributed by atoms with Crippen molar-refractivity contribution >= 4 is 17.1 Å². The molecule has 0 unspecified atom stereocenters. The van der Waals surface area contributed by atoms with E-state index in [1.54, 1.807) is 11.3 Å². The van der Waals surface area contributed by atoms with Crippen LogP contribution in [0.4, 0.5) is 0 Å². The van der Waals surface area contributed by atoms with E-state index < -0.39 is 0 Å². The zero-order valence-corrected chi connectivity index (χ0v) is 9.27. The summed E-state index contributed by atoms with van der Waals surface area (Å²) < 4.78 is 0. The molecule has 1 aromatic rings. The van der Waals surface area contributed by atoms with Crippen LogP contribution < -0.4 is 5.73 Å². The van der Waals surface area contributed by atoms with Crippen LogP contribution in [0.3, 0.4) is 0 Å². The van der Waals surface area contributed by atoms with Gasteiger partial charge in [0.1, 0.15) is 10.8 Å². The van der Waals surface area contributed by atoms with E-state index in [0.29, 0.717) is 19.4 Å². The maximum atomic E-state index is 11.4. The van der Waals surface area contributed by atoms with Crippen molar-refractivity contribution in [2.75, 3.05) is 6.54 Å². The lowest BCUT2D eigenvalue weighted by atomic mass is 10.1. The first-order valence-corrected chi connectivity index (χ1v) is 5.73. The molecular formula is C10H16N2OS. The van der Waals surface area contributed by atoms with E-state index in [1.165, 1.54) is 0 Å². The second-order valence-corrected chi connectivity index (χ2v) is 4.29. The number of ketones is 1. The summed E-state index contributed by atoms with van der Waals surface area (Å²) >= 11 is 1.56. The molecule has 0 aromatic carbocycles. The number of hydrogen-bond acceptors (Lipinski definition) is 4. The molecule has 78 valence electrons. The topological polar surface area (TPSA) is 56.0 Å². The van der Waals surface area contributed by atoms with Gasteiger partial charge in [0.15, 0.2) is 0 Å². The highest BCUT2D eigenvalue weighted by Gasteiger charge is 2.06. The smallest absolute Gasteiger partial charge is 0.139 e.